The first-order chi connectivity index (χ1) is 7.70. The number of rotatable bonds is 2. The molecule has 0 spiro atoms. The Bertz CT molecular complexity index is 492. The van der Waals surface area contributed by atoms with Crippen LogP contribution < -0.4 is 16.8 Å². The maximum absolute atomic E-state index is 5.79. The summed E-state index contributed by atoms with van der Waals surface area (Å²) in [5.74, 6) is 1.64. The van der Waals surface area contributed by atoms with Gasteiger partial charge in [-0.1, -0.05) is 0 Å². The summed E-state index contributed by atoms with van der Waals surface area (Å²) in [6.45, 7) is 0. The van der Waals surface area contributed by atoms with E-state index in [0.717, 1.165) is 16.9 Å². The first-order valence-corrected chi connectivity index (χ1v) is 4.87. The van der Waals surface area contributed by atoms with Crippen LogP contribution in [-0.4, -0.2) is 17.0 Å². The Morgan fingerprint density at radius 2 is 1.94 bits per heavy atom. The molecule has 16 heavy (non-hydrogen) atoms. The van der Waals surface area contributed by atoms with Crippen molar-refractivity contribution in [1.29, 1.82) is 0 Å². The zero-order valence-electron chi connectivity index (χ0n) is 8.94. The van der Waals surface area contributed by atoms with Crippen molar-refractivity contribution in [3.8, 4) is 11.1 Å². The van der Waals surface area contributed by atoms with Crippen molar-refractivity contribution in [1.82, 2.24) is 9.97 Å². The van der Waals surface area contributed by atoms with Gasteiger partial charge in [-0.15, -0.1) is 0 Å². The molecule has 0 aliphatic rings. The summed E-state index contributed by atoms with van der Waals surface area (Å²) in [6, 6.07) is 7.37. The molecule has 0 aliphatic heterocycles. The molecule has 5 heteroatoms. The van der Waals surface area contributed by atoms with Crippen LogP contribution in [0.1, 0.15) is 0 Å². The van der Waals surface area contributed by atoms with E-state index in [4.69, 9.17) is 11.5 Å². The smallest absolute Gasteiger partial charge is 0.133 e. The second-order valence-corrected chi connectivity index (χ2v) is 3.35. The van der Waals surface area contributed by atoms with Gasteiger partial charge in [-0.2, -0.15) is 0 Å². The van der Waals surface area contributed by atoms with Gasteiger partial charge in [-0.25, -0.2) is 9.97 Å². The Balaban J connectivity index is 2.42. The van der Waals surface area contributed by atoms with Crippen molar-refractivity contribution in [2.24, 2.45) is 0 Å². The molecule has 5 N–H and O–H groups in total. The van der Waals surface area contributed by atoms with Crippen LogP contribution in [0.25, 0.3) is 11.1 Å². The Morgan fingerprint density at radius 1 is 1.12 bits per heavy atom. The average molecular weight is 215 g/mol. The summed E-state index contributed by atoms with van der Waals surface area (Å²) in [6.07, 6.45) is 1.75. The van der Waals surface area contributed by atoms with Crippen molar-refractivity contribution in [3.05, 3.63) is 30.5 Å². The normalized spacial score (nSPS) is 10.1. The quantitative estimate of drug-likeness (QED) is 0.703. The van der Waals surface area contributed by atoms with E-state index in [1.165, 1.54) is 0 Å². The molecule has 0 aromatic carbocycles. The van der Waals surface area contributed by atoms with E-state index >= 15 is 0 Å². The van der Waals surface area contributed by atoms with Crippen LogP contribution >= 0.6 is 0 Å². The lowest BCUT2D eigenvalue weighted by atomic mass is 10.1. The van der Waals surface area contributed by atoms with Gasteiger partial charge in [0.05, 0.1) is 0 Å². The standard InChI is InChI=1S/C11H13N5/c1-14-10-5-2-7(6-15-10)8-3-4-9(12)16-11(8)13/h2-6H,1H3,(H,14,15)(H4,12,13,16). The largest absolute Gasteiger partial charge is 0.384 e. The van der Waals surface area contributed by atoms with Gasteiger partial charge in [0.15, 0.2) is 0 Å². The van der Waals surface area contributed by atoms with Crippen molar-refractivity contribution < 1.29 is 0 Å². The van der Waals surface area contributed by atoms with Crippen molar-refractivity contribution >= 4 is 17.5 Å². The fourth-order valence-electron chi connectivity index (χ4n) is 1.44. The predicted molar refractivity (Wildman–Crippen MR) is 65.8 cm³/mol. The Hall–Kier alpha value is -2.30. The summed E-state index contributed by atoms with van der Waals surface area (Å²) in [5, 5.41) is 2.95. The maximum atomic E-state index is 5.79. The molecule has 0 amide bonds. The number of anilines is 3. The second-order valence-electron chi connectivity index (χ2n) is 3.35. The number of aromatic nitrogens is 2. The summed E-state index contributed by atoms with van der Waals surface area (Å²) in [5.41, 5.74) is 13.1. The van der Waals surface area contributed by atoms with Crippen LogP contribution in [0.4, 0.5) is 17.5 Å². The van der Waals surface area contributed by atoms with Crippen LogP contribution in [0.5, 0.6) is 0 Å². The van der Waals surface area contributed by atoms with E-state index in [0.29, 0.717) is 11.6 Å². The number of nitrogens with two attached hydrogens (primary N) is 2. The fourth-order valence-corrected chi connectivity index (χ4v) is 1.44. The fraction of sp³-hybridized carbons (Fsp3) is 0.0909. The molecule has 0 aliphatic carbocycles. The van der Waals surface area contributed by atoms with Gasteiger partial charge >= 0.3 is 0 Å². The molecule has 5 nitrogen and oxygen atoms in total. The highest BCUT2D eigenvalue weighted by Crippen LogP contribution is 2.25. The van der Waals surface area contributed by atoms with Crippen LogP contribution in [0, 0.1) is 0 Å². The Kier molecular flexibility index (Phi) is 2.59. The molecule has 2 heterocycles. The third kappa shape index (κ3) is 1.88. The predicted octanol–water partition coefficient (Wildman–Crippen LogP) is 1.35. The molecule has 0 bridgehead atoms. The summed E-state index contributed by atoms with van der Waals surface area (Å²) in [4.78, 5) is 8.22. The summed E-state index contributed by atoms with van der Waals surface area (Å²) >= 11 is 0. The van der Waals surface area contributed by atoms with E-state index in [1.54, 1.807) is 12.3 Å². The van der Waals surface area contributed by atoms with Crippen LogP contribution in [0.15, 0.2) is 30.5 Å². The van der Waals surface area contributed by atoms with Gasteiger partial charge in [0.2, 0.25) is 0 Å². The monoisotopic (exact) mass is 215 g/mol. The lowest BCUT2D eigenvalue weighted by Gasteiger charge is -2.06. The zero-order valence-corrected chi connectivity index (χ0v) is 8.94. The number of nitrogens with one attached hydrogen (secondary N) is 1. The lowest BCUT2D eigenvalue weighted by molar-refractivity contribution is 1.28. The highest BCUT2D eigenvalue weighted by molar-refractivity contribution is 5.74. The first-order valence-electron chi connectivity index (χ1n) is 4.87. The minimum atomic E-state index is 0.416. The molecule has 0 unspecified atom stereocenters. The van der Waals surface area contributed by atoms with Gasteiger partial charge in [-0.05, 0) is 24.3 Å². The number of hydrogen-bond acceptors (Lipinski definition) is 5. The van der Waals surface area contributed by atoms with Gasteiger partial charge < -0.3 is 16.8 Å². The van der Waals surface area contributed by atoms with Gasteiger partial charge in [0.25, 0.3) is 0 Å². The molecule has 0 atom stereocenters. The van der Waals surface area contributed by atoms with E-state index in [1.807, 2.05) is 25.2 Å². The van der Waals surface area contributed by atoms with Crippen LogP contribution in [0.3, 0.4) is 0 Å². The number of nitrogens with zero attached hydrogens (tertiary/aromatic N) is 2. The molecular formula is C11H13N5. The SMILES string of the molecule is CNc1ccc(-c2ccc(N)nc2N)cn1. The molecule has 82 valence electrons. The van der Waals surface area contributed by atoms with Crippen molar-refractivity contribution in [2.75, 3.05) is 23.8 Å². The number of pyridine rings is 2. The molecule has 0 radical (unpaired) electrons. The lowest BCUT2D eigenvalue weighted by Crippen LogP contribution is -1.98. The topological polar surface area (TPSA) is 89.8 Å². The minimum absolute atomic E-state index is 0.416. The molecule has 2 rings (SSSR count). The Labute approximate surface area is 93.5 Å². The highest BCUT2D eigenvalue weighted by Gasteiger charge is 2.04. The van der Waals surface area contributed by atoms with Crippen LogP contribution in [0.2, 0.25) is 0 Å². The highest BCUT2D eigenvalue weighted by atomic mass is 14.9. The Morgan fingerprint density at radius 3 is 2.50 bits per heavy atom. The molecule has 0 saturated heterocycles. The van der Waals surface area contributed by atoms with E-state index in [2.05, 4.69) is 15.3 Å². The molecule has 0 fully saturated rings. The van der Waals surface area contributed by atoms with Gasteiger partial charge in [0, 0.05) is 24.4 Å². The second kappa shape index (κ2) is 4.06. The molecule has 0 saturated carbocycles. The maximum Gasteiger partial charge on any atom is 0.133 e. The third-order valence-corrected chi connectivity index (χ3v) is 2.28. The molecular weight excluding hydrogens is 202 g/mol. The summed E-state index contributed by atoms with van der Waals surface area (Å²) < 4.78 is 0. The summed E-state index contributed by atoms with van der Waals surface area (Å²) in [7, 11) is 1.82. The van der Waals surface area contributed by atoms with E-state index < -0.39 is 0 Å². The van der Waals surface area contributed by atoms with Gasteiger partial charge in [-0.3, -0.25) is 0 Å². The first kappa shape index (κ1) is 10.2. The zero-order chi connectivity index (χ0) is 11.5. The minimum Gasteiger partial charge on any atom is -0.384 e. The van der Waals surface area contributed by atoms with E-state index in [9.17, 15) is 0 Å². The average Bonchev–Trinajstić information content (AvgIpc) is 2.29. The van der Waals surface area contributed by atoms with Crippen LogP contribution in [-0.2, 0) is 0 Å². The number of hydrogen-bond donors (Lipinski definition) is 3. The van der Waals surface area contributed by atoms with Crippen molar-refractivity contribution in [2.45, 2.75) is 0 Å². The molecule has 2 aromatic heterocycles. The van der Waals surface area contributed by atoms with E-state index in [-0.39, 0.29) is 0 Å². The third-order valence-electron chi connectivity index (χ3n) is 2.28. The van der Waals surface area contributed by atoms with Gasteiger partial charge in [0.1, 0.15) is 17.5 Å². The number of nitrogen functional groups attached to an aromatic ring is 2. The van der Waals surface area contributed by atoms with Crippen molar-refractivity contribution in [3.63, 3.8) is 0 Å². The molecule has 2 aromatic rings.